The van der Waals surface area contributed by atoms with Gasteiger partial charge in [-0.05, 0) is 35.3 Å². The van der Waals surface area contributed by atoms with Crippen LogP contribution in [0.1, 0.15) is 19.4 Å². The van der Waals surface area contributed by atoms with Crippen molar-refractivity contribution in [2.24, 2.45) is 0 Å². The summed E-state index contributed by atoms with van der Waals surface area (Å²) in [6.45, 7) is 3.85. The minimum absolute atomic E-state index is 0.0163. The molecule has 1 aromatic heterocycles. The lowest BCUT2D eigenvalue weighted by atomic mass is 10.3. The van der Waals surface area contributed by atoms with Crippen LogP contribution >= 0.6 is 15.9 Å². The first-order valence-electron chi connectivity index (χ1n) is 4.05. The summed E-state index contributed by atoms with van der Waals surface area (Å²) >= 11 is 3.28. The van der Waals surface area contributed by atoms with Crippen LogP contribution < -0.4 is 4.74 Å². The SMILES string of the molecule is CC(C)Oc1cc(CO)c(Br)cn1. The first kappa shape index (κ1) is 10.5. The van der Waals surface area contributed by atoms with Crippen molar-refractivity contribution in [3.63, 3.8) is 0 Å². The molecule has 0 spiro atoms. The Bertz CT molecular complexity index is 289. The second kappa shape index (κ2) is 4.58. The first-order valence-corrected chi connectivity index (χ1v) is 4.84. The monoisotopic (exact) mass is 245 g/mol. The molecule has 1 aromatic rings. The van der Waals surface area contributed by atoms with Gasteiger partial charge in [-0.3, -0.25) is 0 Å². The van der Waals surface area contributed by atoms with E-state index in [0.29, 0.717) is 5.88 Å². The van der Waals surface area contributed by atoms with Gasteiger partial charge in [-0.25, -0.2) is 4.98 Å². The number of halogens is 1. The van der Waals surface area contributed by atoms with Gasteiger partial charge in [-0.15, -0.1) is 0 Å². The zero-order chi connectivity index (χ0) is 9.84. The summed E-state index contributed by atoms with van der Waals surface area (Å²) in [5.41, 5.74) is 0.783. The number of ether oxygens (including phenoxy) is 1. The maximum Gasteiger partial charge on any atom is 0.213 e. The van der Waals surface area contributed by atoms with Gasteiger partial charge in [0, 0.05) is 16.7 Å². The smallest absolute Gasteiger partial charge is 0.213 e. The lowest BCUT2D eigenvalue weighted by Crippen LogP contribution is -2.07. The highest BCUT2D eigenvalue weighted by molar-refractivity contribution is 9.10. The van der Waals surface area contributed by atoms with Crippen molar-refractivity contribution in [3.05, 3.63) is 22.3 Å². The maximum atomic E-state index is 8.96. The number of rotatable bonds is 3. The Labute approximate surface area is 85.9 Å². The van der Waals surface area contributed by atoms with Crippen molar-refractivity contribution in [1.82, 2.24) is 4.98 Å². The van der Waals surface area contributed by atoms with Crippen LogP contribution in [0.4, 0.5) is 0 Å². The number of aliphatic hydroxyl groups is 1. The largest absolute Gasteiger partial charge is 0.475 e. The number of pyridine rings is 1. The summed E-state index contributed by atoms with van der Waals surface area (Å²) in [7, 11) is 0. The zero-order valence-electron chi connectivity index (χ0n) is 7.62. The molecule has 0 aliphatic rings. The molecule has 0 atom stereocenters. The summed E-state index contributed by atoms with van der Waals surface area (Å²) in [5.74, 6) is 0.544. The molecule has 0 amide bonds. The number of nitrogens with zero attached hydrogens (tertiary/aromatic N) is 1. The minimum atomic E-state index is -0.0163. The third-order valence-electron chi connectivity index (χ3n) is 1.44. The van der Waals surface area contributed by atoms with Crippen LogP contribution in [0.3, 0.4) is 0 Å². The third kappa shape index (κ3) is 2.97. The molecule has 0 saturated carbocycles. The van der Waals surface area contributed by atoms with E-state index in [9.17, 15) is 0 Å². The quantitative estimate of drug-likeness (QED) is 0.888. The van der Waals surface area contributed by atoms with Gasteiger partial charge in [0.25, 0.3) is 0 Å². The van der Waals surface area contributed by atoms with Crippen LogP contribution in [0, 0.1) is 0 Å². The molecule has 0 unspecified atom stereocenters. The van der Waals surface area contributed by atoms with Crippen molar-refractivity contribution < 1.29 is 9.84 Å². The number of hydrogen-bond donors (Lipinski definition) is 1. The summed E-state index contributed by atoms with van der Waals surface area (Å²) < 4.78 is 6.17. The van der Waals surface area contributed by atoms with Gasteiger partial charge in [0.2, 0.25) is 5.88 Å². The van der Waals surface area contributed by atoms with E-state index in [-0.39, 0.29) is 12.7 Å². The average molecular weight is 246 g/mol. The molecule has 0 aromatic carbocycles. The van der Waals surface area contributed by atoms with Gasteiger partial charge in [0.1, 0.15) is 0 Å². The zero-order valence-corrected chi connectivity index (χ0v) is 9.21. The van der Waals surface area contributed by atoms with Crippen LogP contribution in [0.15, 0.2) is 16.7 Å². The molecule has 1 N–H and O–H groups in total. The van der Waals surface area contributed by atoms with E-state index in [1.54, 1.807) is 12.3 Å². The number of aliphatic hydroxyl groups excluding tert-OH is 1. The highest BCUT2D eigenvalue weighted by Gasteiger charge is 2.03. The number of aromatic nitrogens is 1. The van der Waals surface area contributed by atoms with E-state index in [1.807, 2.05) is 13.8 Å². The molecule has 0 saturated heterocycles. The van der Waals surface area contributed by atoms with Gasteiger partial charge < -0.3 is 9.84 Å². The van der Waals surface area contributed by atoms with Gasteiger partial charge in [-0.1, -0.05) is 0 Å². The molecule has 3 nitrogen and oxygen atoms in total. The Hall–Kier alpha value is -0.610. The lowest BCUT2D eigenvalue weighted by Gasteiger charge is -2.09. The molecule has 0 fully saturated rings. The predicted molar refractivity (Wildman–Crippen MR) is 53.6 cm³/mol. The molecule has 13 heavy (non-hydrogen) atoms. The van der Waals surface area contributed by atoms with Crippen LogP contribution in [0.25, 0.3) is 0 Å². The fourth-order valence-corrected chi connectivity index (χ4v) is 1.23. The molecular formula is C9H12BrNO2. The third-order valence-corrected chi connectivity index (χ3v) is 2.15. The van der Waals surface area contributed by atoms with Crippen molar-refractivity contribution in [2.45, 2.75) is 26.6 Å². The summed E-state index contributed by atoms with van der Waals surface area (Å²) in [6.07, 6.45) is 1.73. The molecule has 0 aliphatic heterocycles. The van der Waals surface area contributed by atoms with Crippen molar-refractivity contribution in [2.75, 3.05) is 0 Å². The Balaban J connectivity index is 2.86. The molecule has 0 bridgehead atoms. The standard InChI is InChI=1S/C9H12BrNO2/c1-6(2)13-9-3-7(5-12)8(10)4-11-9/h3-4,6,12H,5H2,1-2H3. The van der Waals surface area contributed by atoms with E-state index in [0.717, 1.165) is 10.0 Å². The van der Waals surface area contributed by atoms with Crippen LogP contribution in [0.2, 0.25) is 0 Å². The fourth-order valence-electron chi connectivity index (χ4n) is 0.886. The maximum absolute atomic E-state index is 8.96. The van der Waals surface area contributed by atoms with Gasteiger partial charge in [0.15, 0.2) is 0 Å². The summed E-state index contributed by atoms with van der Waals surface area (Å²) in [5, 5.41) is 8.96. The van der Waals surface area contributed by atoms with Gasteiger partial charge in [-0.2, -0.15) is 0 Å². The Morgan fingerprint density at radius 3 is 2.85 bits per heavy atom. The minimum Gasteiger partial charge on any atom is -0.475 e. The van der Waals surface area contributed by atoms with Crippen molar-refractivity contribution >= 4 is 15.9 Å². The molecule has 1 heterocycles. The van der Waals surface area contributed by atoms with Crippen LogP contribution in [-0.2, 0) is 6.61 Å². The van der Waals surface area contributed by atoms with Gasteiger partial charge in [0.05, 0.1) is 12.7 Å². The fraction of sp³-hybridized carbons (Fsp3) is 0.444. The van der Waals surface area contributed by atoms with Crippen LogP contribution in [0.5, 0.6) is 5.88 Å². The van der Waals surface area contributed by atoms with Crippen molar-refractivity contribution in [1.29, 1.82) is 0 Å². The predicted octanol–water partition coefficient (Wildman–Crippen LogP) is 2.12. The molecule has 0 aliphatic carbocycles. The average Bonchev–Trinajstić information content (AvgIpc) is 2.07. The van der Waals surface area contributed by atoms with E-state index < -0.39 is 0 Å². The number of hydrogen-bond acceptors (Lipinski definition) is 3. The van der Waals surface area contributed by atoms with E-state index >= 15 is 0 Å². The molecular weight excluding hydrogens is 234 g/mol. The molecule has 4 heteroatoms. The Morgan fingerprint density at radius 1 is 1.62 bits per heavy atom. The Morgan fingerprint density at radius 2 is 2.31 bits per heavy atom. The second-order valence-electron chi connectivity index (χ2n) is 2.94. The Kier molecular flexibility index (Phi) is 3.69. The van der Waals surface area contributed by atoms with Crippen LogP contribution in [-0.4, -0.2) is 16.2 Å². The van der Waals surface area contributed by atoms with Gasteiger partial charge >= 0.3 is 0 Å². The van der Waals surface area contributed by atoms with E-state index in [4.69, 9.17) is 9.84 Å². The lowest BCUT2D eigenvalue weighted by molar-refractivity contribution is 0.230. The summed E-state index contributed by atoms with van der Waals surface area (Å²) in [6, 6.07) is 1.73. The second-order valence-corrected chi connectivity index (χ2v) is 3.79. The molecule has 72 valence electrons. The first-order chi connectivity index (χ1) is 6.13. The summed E-state index contributed by atoms with van der Waals surface area (Å²) in [4.78, 5) is 4.05. The molecule has 0 radical (unpaired) electrons. The van der Waals surface area contributed by atoms with Crippen molar-refractivity contribution in [3.8, 4) is 5.88 Å². The normalized spacial score (nSPS) is 10.5. The topological polar surface area (TPSA) is 42.4 Å². The highest BCUT2D eigenvalue weighted by Crippen LogP contribution is 2.20. The molecule has 1 rings (SSSR count). The highest BCUT2D eigenvalue weighted by atomic mass is 79.9. The van der Waals surface area contributed by atoms with E-state index in [1.165, 1.54) is 0 Å². The van der Waals surface area contributed by atoms with E-state index in [2.05, 4.69) is 20.9 Å².